The van der Waals surface area contributed by atoms with Gasteiger partial charge < -0.3 is 50.3 Å². The lowest BCUT2D eigenvalue weighted by molar-refractivity contribution is -0.342. The molecule has 15 heteroatoms. The number of anilines is 1. The molecule has 0 unspecified atom stereocenters. The number of rotatable bonds is 9. The summed E-state index contributed by atoms with van der Waals surface area (Å²) in [5.74, 6) is -4.63. The largest absolute Gasteiger partial charge is 0.508 e. The van der Waals surface area contributed by atoms with Gasteiger partial charge in [0.1, 0.15) is 42.4 Å². The Labute approximate surface area is 274 Å². The van der Waals surface area contributed by atoms with E-state index in [-0.39, 0.29) is 61.5 Å². The lowest BCUT2D eigenvalue weighted by atomic mass is 9.86. The Hall–Kier alpha value is -4.38. The summed E-state index contributed by atoms with van der Waals surface area (Å²) >= 11 is 0. The first-order valence-electron chi connectivity index (χ1n) is 15.6. The summed E-state index contributed by atoms with van der Waals surface area (Å²) in [5, 5.41) is 83.2. The molecule has 4 aliphatic rings. The molecular formula is C33H37N3O12. The minimum Gasteiger partial charge on any atom is -0.508 e. The monoisotopic (exact) mass is 667 g/mol. The van der Waals surface area contributed by atoms with Crippen LogP contribution in [0.2, 0.25) is 0 Å². The molecule has 6 rings (SSSR count). The normalized spacial score (nSPS) is 29.2. The summed E-state index contributed by atoms with van der Waals surface area (Å²) in [4.78, 5) is 36.6. The van der Waals surface area contributed by atoms with Crippen molar-refractivity contribution in [2.75, 3.05) is 24.8 Å². The average molecular weight is 668 g/mol. The molecule has 0 aromatic heterocycles. The number of fused-ring (bicyclic) bond motifs is 3. The van der Waals surface area contributed by atoms with Gasteiger partial charge in [0.2, 0.25) is 5.79 Å². The third kappa shape index (κ3) is 5.61. The van der Waals surface area contributed by atoms with Crippen LogP contribution in [-0.2, 0) is 33.6 Å². The molecule has 48 heavy (non-hydrogen) atoms. The van der Waals surface area contributed by atoms with Crippen LogP contribution < -0.4 is 9.64 Å². The molecular weight excluding hydrogens is 630 g/mol. The summed E-state index contributed by atoms with van der Waals surface area (Å²) < 4.78 is 11.8. The van der Waals surface area contributed by atoms with E-state index in [1.165, 1.54) is 24.3 Å². The Balaban J connectivity index is 1.39. The molecule has 2 aromatic carbocycles. The molecule has 6 atom stereocenters. The van der Waals surface area contributed by atoms with Crippen LogP contribution in [0, 0.1) is 0 Å². The van der Waals surface area contributed by atoms with Crippen molar-refractivity contribution in [3.05, 3.63) is 52.6 Å². The zero-order chi connectivity index (χ0) is 34.4. The van der Waals surface area contributed by atoms with Crippen molar-refractivity contribution in [3.63, 3.8) is 0 Å². The van der Waals surface area contributed by atoms with Crippen LogP contribution in [0.15, 0.2) is 40.3 Å². The maximum Gasteiger partial charge on any atom is 0.330 e. The van der Waals surface area contributed by atoms with E-state index in [2.05, 4.69) is 9.98 Å². The summed E-state index contributed by atoms with van der Waals surface area (Å²) in [6.45, 7) is -0.719. The molecule has 1 spiro atoms. The van der Waals surface area contributed by atoms with E-state index in [1.54, 1.807) is 18.3 Å². The minimum atomic E-state index is -1.98. The highest BCUT2D eigenvalue weighted by Gasteiger charge is 2.59. The highest BCUT2D eigenvalue weighted by molar-refractivity contribution is 6.32. The van der Waals surface area contributed by atoms with E-state index < -0.39 is 60.0 Å². The number of ether oxygens (including phenoxy) is 2. The number of carboxylic acid groups (broad SMARTS) is 1. The Morgan fingerprint density at radius 3 is 2.56 bits per heavy atom. The minimum absolute atomic E-state index is 0.0260. The van der Waals surface area contributed by atoms with Crippen LogP contribution in [0.5, 0.6) is 17.2 Å². The van der Waals surface area contributed by atoms with Crippen LogP contribution >= 0.6 is 0 Å². The van der Waals surface area contributed by atoms with E-state index >= 15 is 0 Å². The SMILES string of the molecule is O=C(/C=C/c1ccc(O)c(CC2=NCN=C2)c1)N1c2c(cc(O)c3c2CC[C@@]2(O3)O[C@H](CO)[C@@H](O)[C@H](O)[C@H]2O)C[C@]1(CCCO)C(=O)O. The number of carboxylic acids is 1. The number of aliphatic hydroxyl groups excluding tert-OH is 5. The molecule has 0 saturated carbocycles. The Bertz CT molecular complexity index is 1710. The molecule has 0 aliphatic carbocycles. The predicted molar refractivity (Wildman–Crippen MR) is 169 cm³/mol. The number of phenolic OH excluding ortho intramolecular Hbond substituents is 2. The van der Waals surface area contributed by atoms with Gasteiger partial charge >= 0.3 is 5.97 Å². The number of amides is 1. The Morgan fingerprint density at radius 2 is 1.88 bits per heavy atom. The van der Waals surface area contributed by atoms with Crippen LogP contribution in [0.3, 0.4) is 0 Å². The van der Waals surface area contributed by atoms with Crippen molar-refractivity contribution in [1.82, 2.24) is 0 Å². The van der Waals surface area contributed by atoms with Gasteiger partial charge in [-0.2, -0.15) is 0 Å². The second-order valence-corrected chi connectivity index (χ2v) is 12.4. The van der Waals surface area contributed by atoms with Crippen LogP contribution in [0.25, 0.3) is 6.08 Å². The van der Waals surface area contributed by atoms with Gasteiger partial charge in [-0.05, 0) is 54.7 Å². The Kier molecular flexibility index (Phi) is 9.02. The first-order valence-corrected chi connectivity index (χ1v) is 15.6. The fraction of sp³-hybridized carbons (Fsp3) is 0.455. The van der Waals surface area contributed by atoms with Crippen molar-refractivity contribution in [1.29, 1.82) is 0 Å². The quantitative estimate of drug-likeness (QED) is 0.162. The summed E-state index contributed by atoms with van der Waals surface area (Å²) in [5.41, 5.74) is 0.721. The van der Waals surface area contributed by atoms with Crippen molar-refractivity contribution in [3.8, 4) is 17.2 Å². The number of hydrogen-bond acceptors (Lipinski definition) is 13. The zero-order valence-corrected chi connectivity index (χ0v) is 25.8. The number of phenols is 2. The number of aliphatic hydroxyl groups is 5. The molecule has 4 heterocycles. The van der Waals surface area contributed by atoms with E-state index in [0.29, 0.717) is 35.5 Å². The van der Waals surface area contributed by atoms with Gasteiger partial charge in [-0.25, -0.2) is 4.79 Å². The van der Waals surface area contributed by atoms with Crippen molar-refractivity contribution >= 4 is 35.6 Å². The number of aliphatic imine (C=N–C) groups is 2. The fourth-order valence-electron chi connectivity index (χ4n) is 7.02. The topological polar surface area (TPSA) is 242 Å². The second kappa shape index (κ2) is 12.9. The summed E-state index contributed by atoms with van der Waals surface area (Å²) in [6, 6.07) is 6.02. The number of benzene rings is 2. The molecule has 0 radical (unpaired) electrons. The standard InChI is InChI=1S/C33H37N3O12/c37-9-1-7-32(31(45)46)13-19-12-23(40)29-21(6-8-33(48-29)30(44)28(43)27(42)24(15-38)47-33)26(19)36(32)25(41)5-3-17-2-4-22(39)18(10-17)11-20-14-34-16-35-20/h2-5,10,12,14,24,27-28,30,37-40,42-44H,1,6-9,11,13,15-16H2,(H,45,46)/b5-3+/t24-,27-,28+,30-,32-,33+/m1/s1. The van der Waals surface area contributed by atoms with Gasteiger partial charge in [0.15, 0.2) is 11.5 Å². The van der Waals surface area contributed by atoms with Gasteiger partial charge in [-0.1, -0.05) is 6.07 Å². The second-order valence-electron chi connectivity index (χ2n) is 12.4. The molecule has 1 saturated heterocycles. The van der Waals surface area contributed by atoms with Gasteiger partial charge in [0.05, 0.1) is 18.0 Å². The summed E-state index contributed by atoms with van der Waals surface area (Å²) in [6.07, 6.45) is -2.28. The van der Waals surface area contributed by atoms with Crippen molar-refractivity contribution in [2.24, 2.45) is 9.98 Å². The lowest BCUT2D eigenvalue weighted by Gasteiger charge is -2.50. The third-order valence-corrected chi connectivity index (χ3v) is 9.43. The molecule has 256 valence electrons. The van der Waals surface area contributed by atoms with Gasteiger partial charge in [0, 0.05) is 49.3 Å². The van der Waals surface area contributed by atoms with E-state index in [1.807, 2.05) is 0 Å². The smallest absolute Gasteiger partial charge is 0.330 e. The zero-order valence-electron chi connectivity index (χ0n) is 25.8. The number of aromatic hydroxyl groups is 2. The first-order chi connectivity index (χ1) is 22.9. The predicted octanol–water partition coefficient (Wildman–Crippen LogP) is -0.183. The lowest BCUT2D eigenvalue weighted by Crippen LogP contribution is -2.68. The molecule has 2 aromatic rings. The van der Waals surface area contributed by atoms with Gasteiger partial charge in [-0.15, -0.1) is 0 Å². The van der Waals surface area contributed by atoms with Crippen LogP contribution in [-0.4, -0.2) is 120 Å². The number of hydrogen-bond donors (Lipinski definition) is 8. The van der Waals surface area contributed by atoms with Gasteiger partial charge in [-0.3, -0.25) is 19.7 Å². The van der Waals surface area contributed by atoms with Gasteiger partial charge in [0.25, 0.3) is 5.91 Å². The third-order valence-electron chi connectivity index (χ3n) is 9.43. The van der Waals surface area contributed by atoms with Crippen LogP contribution in [0.4, 0.5) is 5.69 Å². The highest BCUT2D eigenvalue weighted by Crippen LogP contribution is 2.54. The summed E-state index contributed by atoms with van der Waals surface area (Å²) in [7, 11) is 0. The van der Waals surface area contributed by atoms with E-state index in [9.17, 15) is 50.4 Å². The number of carbonyl (C=O) groups excluding carboxylic acids is 1. The average Bonchev–Trinajstić information content (AvgIpc) is 3.71. The maximum atomic E-state index is 14.1. The Morgan fingerprint density at radius 1 is 1.08 bits per heavy atom. The molecule has 4 aliphatic heterocycles. The van der Waals surface area contributed by atoms with Crippen molar-refractivity contribution in [2.45, 2.75) is 74.3 Å². The number of aliphatic carboxylic acids is 1. The molecule has 15 nitrogen and oxygen atoms in total. The molecule has 0 bridgehead atoms. The van der Waals surface area contributed by atoms with Crippen molar-refractivity contribution < 1.29 is 59.9 Å². The van der Waals surface area contributed by atoms with Crippen LogP contribution in [0.1, 0.15) is 41.5 Å². The van der Waals surface area contributed by atoms with E-state index in [4.69, 9.17) is 9.47 Å². The molecule has 1 fully saturated rings. The molecule has 1 amide bonds. The number of nitrogens with zero attached hydrogens (tertiary/aromatic N) is 3. The first kappa shape index (κ1) is 33.5. The highest BCUT2D eigenvalue weighted by atomic mass is 16.7. The molecule has 8 N–H and O–H groups in total. The fourth-order valence-corrected chi connectivity index (χ4v) is 7.02. The van der Waals surface area contributed by atoms with E-state index in [0.717, 1.165) is 4.90 Å². The number of carbonyl (C=O) groups is 2. The maximum absolute atomic E-state index is 14.1.